The van der Waals surface area contributed by atoms with E-state index < -0.39 is 18.8 Å². The Morgan fingerprint density at radius 3 is 1.64 bits per heavy atom. The Labute approximate surface area is 243 Å². The Balaban J connectivity index is -0.00000544. The Bertz CT molecular complexity index is 488. The smallest absolute Gasteiger partial charge is 1.00 e. The van der Waals surface area contributed by atoms with Crippen LogP contribution in [0.3, 0.4) is 0 Å². The molecule has 0 saturated heterocycles. The van der Waals surface area contributed by atoms with Crippen LogP contribution in [-0.2, 0) is 31.7 Å². The van der Waals surface area contributed by atoms with Gasteiger partial charge in [-0.15, -0.1) is 0 Å². The summed E-state index contributed by atoms with van der Waals surface area (Å²) in [6.45, 7) is 9.37. The van der Waals surface area contributed by atoms with Gasteiger partial charge in [0.1, 0.15) is 0 Å². The molecule has 0 saturated carbocycles. The van der Waals surface area contributed by atoms with Crippen LogP contribution in [0, 0.1) is 5.92 Å². The third-order valence-electron chi connectivity index (χ3n) is 6.51. The zero-order valence-electron chi connectivity index (χ0n) is 23.9. The molecule has 215 valence electrons. The Hall–Kier alpha value is 0.194. The van der Waals surface area contributed by atoms with Crippen LogP contribution in [0.1, 0.15) is 156 Å². The maximum absolute atomic E-state index is 13.0. The third-order valence-corrected chi connectivity index (χ3v) is 8.81. The largest absolute Gasteiger partial charge is 1.00 e. The average molecular weight is 589 g/mol. The molecule has 1 unspecified atom stereocenters. The molecule has 2 N–H and O–H groups in total. The van der Waals surface area contributed by atoms with Gasteiger partial charge in [-0.05, 0) is 0 Å². The summed E-state index contributed by atoms with van der Waals surface area (Å²) in [5.74, 6) is 0.148. The normalized spacial score (nSPS) is 11.2. The molecule has 2 amide bonds. The predicted molar refractivity (Wildman–Crippen MR) is 141 cm³/mol. The molecule has 8 heteroatoms. The van der Waals surface area contributed by atoms with Crippen LogP contribution >= 0.6 is 0 Å². The van der Waals surface area contributed by atoms with E-state index in [1.807, 2.05) is 0 Å². The van der Waals surface area contributed by atoms with Crippen LogP contribution in [0.25, 0.3) is 0 Å². The minimum atomic E-state index is -2.62. The van der Waals surface area contributed by atoms with Crippen LogP contribution in [0.2, 0.25) is 0 Å². The average Bonchev–Trinajstić information content (AvgIpc) is 2.82. The van der Waals surface area contributed by atoms with Crippen LogP contribution in [0.4, 0.5) is 0 Å². The van der Waals surface area contributed by atoms with E-state index in [0.717, 1.165) is 44.9 Å². The second-order valence-electron chi connectivity index (χ2n) is 9.81. The predicted octanol–water partition coefficient (Wildman–Crippen LogP) is 2.10. The fourth-order valence-electron chi connectivity index (χ4n) is 4.14. The van der Waals surface area contributed by atoms with Crippen LogP contribution in [-0.4, -0.2) is 18.4 Å². The molecule has 0 aromatic heterocycles. The fourth-order valence-corrected chi connectivity index (χ4v) is 6.27. The summed E-state index contributed by atoms with van der Waals surface area (Å²) >= 11 is -2.62. The molecule has 36 heavy (non-hydrogen) atoms. The molecule has 0 aliphatic rings. The first-order chi connectivity index (χ1) is 16.6. The number of carbonyl (C=O) groups is 2. The van der Waals surface area contributed by atoms with Gasteiger partial charge in [0.15, 0.2) is 0 Å². The first kappa shape index (κ1) is 40.7. The maximum Gasteiger partial charge on any atom is -1.00 e. The number of unbranched alkanes of at least 4 members (excludes halogenated alkanes) is 14. The summed E-state index contributed by atoms with van der Waals surface area (Å²) in [5, 5.41) is 0. The summed E-state index contributed by atoms with van der Waals surface area (Å²) in [6.07, 6.45) is 22.6. The molecular formula is C28H57Cl2N2O3Ti. The fraction of sp³-hybridized carbons (Fsp3) is 0.929. The Morgan fingerprint density at radius 2 is 1.11 bits per heavy atom. The first-order valence-corrected chi connectivity index (χ1v) is 16.9. The molecule has 0 heterocycles. The summed E-state index contributed by atoms with van der Waals surface area (Å²) < 4.78 is 12.3. The van der Waals surface area contributed by atoms with Crippen molar-refractivity contribution < 1.29 is 56.5 Å². The van der Waals surface area contributed by atoms with E-state index in [2.05, 4.69) is 35.3 Å². The molecule has 0 radical (unpaired) electrons. The molecule has 1 atom stereocenters. The van der Waals surface area contributed by atoms with Gasteiger partial charge < -0.3 is 24.8 Å². The van der Waals surface area contributed by atoms with E-state index in [4.69, 9.17) is 3.32 Å². The van der Waals surface area contributed by atoms with Gasteiger partial charge in [0.25, 0.3) is 0 Å². The Kier molecular flexibility index (Phi) is 35.5. The van der Waals surface area contributed by atoms with Gasteiger partial charge in [-0.2, -0.15) is 0 Å². The summed E-state index contributed by atoms with van der Waals surface area (Å²) in [7, 11) is 0. The second kappa shape index (κ2) is 31.4. The van der Waals surface area contributed by atoms with Gasteiger partial charge in [-0.1, -0.05) is 0 Å². The zero-order chi connectivity index (χ0) is 25.3. The van der Waals surface area contributed by atoms with Crippen molar-refractivity contribution in [2.24, 2.45) is 5.92 Å². The molecular weight excluding hydrogens is 531 g/mol. The van der Waals surface area contributed by atoms with Gasteiger partial charge in [-0.25, -0.2) is 0 Å². The van der Waals surface area contributed by atoms with Crippen molar-refractivity contribution >= 4 is 11.8 Å². The number of hydrogen-bond donors (Lipinski definition) is 2. The second-order valence-corrected chi connectivity index (χ2v) is 12.1. The van der Waals surface area contributed by atoms with Gasteiger partial charge in [0.2, 0.25) is 0 Å². The van der Waals surface area contributed by atoms with Crippen molar-refractivity contribution in [3.63, 3.8) is 0 Å². The number of nitrogens with one attached hydrogen (secondary N) is 2. The van der Waals surface area contributed by atoms with Gasteiger partial charge >= 0.3 is 220 Å². The van der Waals surface area contributed by atoms with Crippen molar-refractivity contribution in [2.75, 3.05) is 6.61 Å². The van der Waals surface area contributed by atoms with Gasteiger partial charge in [-0.3, -0.25) is 0 Å². The molecule has 0 bridgehead atoms. The quantitative estimate of drug-likeness (QED) is 0.127. The molecule has 0 aliphatic heterocycles. The van der Waals surface area contributed by atoms with Gasteiger partial charge in [0, 0.05) is 0 Å². The van der Waals surface area contributed by atoms with Crippen LogP contribution in [0.5, 0.6) is 0 Å². The first-order valence-electron chi connectivity index (χ1n) is 14.7. The minimum absolute atomic E-state index is 0. The molecule has 0 spiro atoms. The number of halogens is 2. The zero-order valence-corrected chi connectivity index (χ0v) is 27.0. The molecule has 0 aromatic rings. The van der Waals surface area contributed by atoms with Crippen molar-refractivity contribution in [1.82, 2.24) is 7.60 Å². The number of carbonyl (C=O) groups excluding carboxylic acids is 2. The van der Waals surface area contributed by atoms with E-state index in [1.165, 1.54) is 77.0 Å². The van der Waals surface area contributed by atoms with Gasteiger partial charge in [0.05, 0.1) is 0 Å². The molecule has 0 aliphatic carbocycles. The number of hydrogen-bond acceptors (Lipinski definition) is 3. The monoisotopic (exact) mass is 587 g/mol. The molecule has 0 fully saturated rings. The van der Waals surface area contributed by atoms with Crippen molar-refractivity contribution in [3.8, 4) is 0 Å². The molecule has 0 aromatic carbocycles. The summed E-state index contributed by atoms with van der Waals surface area (Å²) in [5.41, 5.74) is 0. The van der Waals surface area contributed by atoms with E-state index >= 15 is 0 Å². The maximum atomic E-state index is 13.0. The Morgan fingerprint density at radius 1 is 0.639 bits per heavy atom. The molecule has 0 rings (SSSR count). The minimum Gasteiger partial charge on any atom is -1.00 e. The molecule has 5 nitrogen and oxygen atoms in total. The summed E-state index contributed by atoms with van der Waals surface area (Å²) in [6, 6.07) is 0. The van der Waals surface area contributed by atoms with E-state index in [-0.39, 0.29) is 42.5 Å². The van der Waals surface area contributed by atoms with E-state index in [9.17, 15) is 9.59 Å². The van der Waals surface area contributed by atoms with Crippen molar-refractivity contribution in [3.05, 3.63) is 0 Å². The van der Waals surface area contributed by atoms with E-state index in [0.29, 0.717) is 13.0 Å². The van der Waals surface area contributed by atoms with Crippen molar-refractivity contribution in [1.29, 1.82) is 0 Å². The van der Waals surface area contributed by atoms with Crippen molar-refractivity contribution in [2.45, 2.75) is 156 Å². The summed E-state index contributed by atoms with van der Waals surface area (Å²) in [4.78, 5) is 25.5. The van der Waals surface area contributed by atoms with Crippen LogP contribution < -0.4 is 32.4 Å². The van der Waals surface area contributed by atoms with Crippen LogP contribution in [0.15, 0.2) is 0 Å². The SMILES string of the molecule is CCCCCCCCCC(=O)[NH][Ti+2]([NH]C(=O)C(CC)CCCCCCCC)[O]CCCCCC.[Cl-].[Cl-]. The van der Waals surface area contributed by atoms with E-state index in [1.54, 1.807) is 0 Å². The third kappa shape index (κ3) is 25.8. The topological polar surface area (TPSA) is 67.4 Å². The number of amides is 2. The standard InChI is InChI=1S/C12H25NO.C10H21NO.C6H13O.2ClH.Ti/c1-3-5-6-7-8-9-10-11(4-2)12(13)14;1-2-3-4-5-6-7-8-9-10(11)12;1-2-3-4-5-6-7;;;/h11H,3-10H2,1-2H3,(H2,13,14);2-9H2,1H3,(H2,11,12);2-6H2,1H3;2*1H;/q;;-1;;;+5/p-4. The number of rotatable bonds is 25.